The molecule has 2 N–H and O–H groups in total. The highest BCUT2D eigenvalue weighted by molar-refractivity contribution is 14.1. The second-order valence-electron chi connectivity index (χ2n) is 4.05. The number of nitrogens with one attached hydrogen (secondary N) is 2. The Morgan fingerprint density at radius 2 is 2.35 bits per heavy atom. The van der Waals surface area contributed by atoms with Crippen molar-refractivity contribution in [2.75, 3.05) is 13.7 Å². The number of carbonyl (C=O) groups is 2. The third kappa shape index (κ3) is 2.43. The summed E-state index contributed by atoms with van der Waals surface area (Å²) in [4.78, 5) is 23.3. The largest absolute Gasteiger partial charge is 0.469 e. The highest BCUT2D eigenvalue weighted by atomic mass is 127. The van der Waals surface area contributed by atoms with E-state index in [9.17, 15) is 9.59 Å². The van der Waals surface area contributed by atoms with Crippen LogP contribution in [0.1, 0.15) is 23.2 Å². The molecule has 1 heterocycles. The maximum absolute atomic E-state index is 11.8. The molecule has 0 aromatic carbocycles. The Bertz CT molecular complexity index is 453. The monoisotopic (exact) mass is 349 g/mol. The Labute approximate surface area is 112 Å². The van der Waals surface area contributed by atoms with Crippen LogP contribution < -0.4 is 5.32 Å². The normalized spacial score (nSPS) is 16.4. The Hall–Kier alpha value is -1.12. The number of aromatic amines is 1. The number of amides is 1. The van der Waals surface area contributed by atoms with Crippen molar-refractivity contribution in [3.63, 3.8) is 0 Å². The molecule has 6 nitrogen and oxygen atoms in total. The molecule has 0 spiro atoms. The van der Waals surface area contributed by atoms with E-state index >= 15 is 0 Å². The van der Waals surface area contributed by atoms with Crippen molar-refractivity contribution >= 4 is 34.5 Å². The molecule has 0 aliphatic heterocycles. The molecular formula is C10H12IN3O3. The van der Waals surface area contributed by atoms with E-state index in [4.69, 9.17) is 4.74 Å². The predicted octanol–water partition coefficient (Wildman–Crippen LogP) is 0.697. The third-order valence-corrected chi connectivity index (χ3v) is 3.72. The Kier molecular flexibility index (Phi) is 3.36. The number of rotatable bonds is 4. The van der Waals surface area contributed by atoms with Gasteiger partial charge in [0.25, 0.3) is 5.91 Å². The Morgan fingerprint density at radius 3 is 2.82 bits per heavy atom. The van der Waals surface area contributed by atoms with Crippen LogP contribution in [0.4, 0.5) is 0 Å². The van der Waals surface area contributed by atoms with Gasteiger partial charge in [0.15, 0.2) is 0 Å². The fraction of sp³-hybridized carbons (Fsp3) is 0.500. The first-order valence-electron chi connectivity index (χ1n) is 5.14. The van der Waals surface area contributed by atoms with E-state index in [-0.39, 0.29) is 11.9 Å². The summed E-state index contributed by atoms with van der Waals surface area (Å²) < 4.78 is 5.40. The van der Waals surface area contributed by atoms with Crippen LogP contribution in [0.5, 0.6) is 0 Å². The van der Waals surface area contributed by atoms with Gasteiger partial charge in [0.2, 0.25) is 0 Å². The number of nitrogens with zero attached hydrogens (tertiary/aromatic N) is 1. The summed E-state index contributed by atoms with van der Waals surface area (Å²) in [6.45, 7) is 0.319. The van der Waals surface area contributed by atoms with E-state index in [1.807, 2.05) is 22.6 Å². The van der Waals surface area contributed by atoms with Gasteiger partial charge >= 0.3 is 5.97 Å². The standard InChI is InChI=1S/C10H12IN3O3/c1-17-9(16)10(2-3-10)5-12-8(15)6-4-13-14-7(6)11/h4H,2-3,5H2,1H3,(H,12,15)(H,13,14). The second kappa shape index (κ2) is 4.63. The van der Waals surface area contributed by atoms with E-state index in [0.717, 1.165) is 12.8 Å². The summed E-state index contributed by atoms with van der Waals surface area (Å²) in [7, 11) is 1.36. The summed E-state index contributed by atoms with van der Waals surface area (Å²) in [6.07, 6.45) is 3.00. The van der Waals surface area contributed by atoms with Gasteiger partial charge in [-0.25, -0.2) is 0 Å². The van der Waals surface area contributed by atoms with Gasteiger partial charge in [-0.3, -0.25) is 14.7 Å². The lowest BCUT2D eigenvalue weighted by atomic mass is 10.1. The summed E-state index contributed by atoms with van der Waals surface area (Å²) in [6, 6.07) is 0. The first-order valence-corrected chi connectivity index (χ1v) is 6.22. The van der Waals surface area contributed by atoms with Crippen LogP contribution in [0.2, 0.25) is 0 Å². The van der Waals surface area contributed by atoms with Crippen LogP contribution in [0.25, 0.3) is 0 Å². The number of hydrogen-bond acceptors (Lipinski definition) is 4. The minimum Gasteiger partial charge on any atom is -0.469 e. The average molecular weight is 349 g/mol. The molecule has 1 aromatic heterocycles. The Morgan fingerprint density at radius 1 is 1.65 bits per heavy atom. The van der Waals surface area contributed by atoms with Gasteiger partial charge in [-0.05, 0) is 35.4 Å². The molecule has 92 valence electrons. The fourth-order valence-electron chi connectivity index (χ4n) is 1.59. The highest BCUT2D eigenvalue weighted by Crippen LogP contribution is 2.46. The first-order chi connectivity index (χ1) is 8.09. The van der Waals surface area contributed by atoms with Gasteiger partial charge in [-0.1, -0.05) is 0 Å². The van der Waals surface area contributed by atoms with Crippen molar-refractivity contribution in [3.8, 4) is 0 Å². The minimum atomic E-state index is -0.500. The molecule has 2 rings (SSSR count). The molecule has 17 heavy (non-hydrogen) atoms. The first kappa shape index (κ1) is 12.3. The van der Waals surface area contributed by atoms with Gasteiger partial charge in [-0.15, -0.1) is 0 Å². The number of esters is 1. The molecule has 0 saturated heterocycles. The summed E-state index contributed by atoms with van der Waals surface area (Å²) >= 11 is 2.00. The fourth-order valence-corrected chi connectivity index (χ4v) is 2.12. The lowest BCUT2D eigenvalue weighted by Crippen LogP contribution is -2.35. The maximum Gasteiger partial charge on any atom is 0.313 e. The molecule has 0 bridgehead atoms. The zero-order valence-corrected chi connectivity index (χ0v) is 11.4. The molecule has 1 aliphatic rings. The molecule has 1 aliphatic carbocycles. The lowest BCUT2D eigenvalue weighted by molar-refractivity contribution is -0.146. The molecule has 1 saturated carbocycles. The summed E-state index contributed by atoms with van der Waals surface area (Å²) in [5.74, 6) is -0.474. The van der Waals surface area contributed by atoms with Crippen LogP contribution in [-0.4, -0.2) is 35.7 Å². The van der Waals surface area contributed by atoms with E-state index in [1.54, 1.807) is 0 Å². The molecule has 0 atom stereocenters. The molecule has 7 heteroatoms. The van der Waals surface area contributed by atoms with Crippen LogP contribution in [0.3, 0.4) is 0 Å². The van der Waals surface area contributed by atoms with Gasteiger partial charge in [0.05, 0.1) is 24.3 Å². The van der Waals surface area contributed by atoms with Crippen molar-refractivity contribution in [1.82, 2.24) is 15.5 Å². The topological polar surface area (TPSA) is 84.1 Å². The number of carbonyl (C=O) groups excluding carboxylic acids is 2. The lowest BCUT2D eigenvalue weighted by Gasteiger charge is -2.12. The third-order valence-electron chi connectivity index (χ3n) is 2.90. The molecule has 0 radical (unpaired) electrons. The highest BCUT2D eigenvalue weighted by Gasteiger charge is 2.51. The number of aromatic nitrogens is 2. The number of ether oxygens (including phenoxy) is 1. The maximum atomic E-state index is 11.8. The molecule has 1 aromatic rings. The predicted molar refractivity (Wildman–Crippen MR) is 67.3 cm³/mol. The minimum absolute atomic E-state index is 0.224. The second-order valence-corrected chi connectivity index (χ2v) is 5.13. The van der Waals surface area contributed by atoms with Gasteiger partial charge < -0.3 is 10.1 Å². The van der Waals surface area contributed by atoms with E-state index in [2.05, 4.69) is 15.5 Å². The van der Waals surface area contributed by atoms with Crippen molar-refractivity contribution in [1.29, 1.82) is 0 Å². The van der Waals surface area contributed by atoms with Gasteiger partial charge in [-0.2, -0.15) is 5.10 Å². The van der Waals surface area contributed by atoms with Gasteiger partial charge in [0, 0.05) is 6.54 Å². The average Bonchev–Trinajstić information content (AvgIpc) is 3.01. The van der Waals surface area contributed by atoms with E-state index in [0.29, 0.717) is 15.8 Å². The number of methoxy groups -OCH3 is 1. The van der Waals surface area contributed by atoms with E-state index in [1.165, 1.54) is 13.3 Å². The number of hydrogen-bond donors (Lipinski definition) is 2. The molecular weight excluding hydrogens is 337 g/mol. The zero-order valence-electron chi connectivity index (χ0n) is 9.25. The quantitative estimate of drug-likeness (QED) is 0.619. The molecule has 1 amide bonds. The molecule has 0 unspecified atom stereocenters. The van der Waals surface area contributed by atoms with Crippen molar-refractivity contribution in [2.24, 2.45) is 5.41 Å². The zero-order chi connectivity index (χ0) is 12.5. The van der Waals surface area contributed by atoms with Crippen LogP contribution in [0.15, 0.2) is 6.20 Å². The SMILES string of the molecule is COC(=O)C1(CNC(=O)c2cn[nH]c2I)CC1. The van der Waals surface area contributed by atoms with Crippen LogP contribution in [0, 0.1) is 9.12 Å². The van der Waals surface area contributed by atoms with Crippen molar-refractivity contribution in [2.45, 2.75) is 12.8 Å². The number of halogens is 1. The van der Waals surface area contributed by atoms with Crippen molar-refractivity contribution in [3.05, 3.63) is 15.5 Å². The summed E-state index contributed by atoms with van der Waals surface area (Å²) in [5, 5.41) is 9.19. The molecule has 1 fully saturated rings. The van der Waals surface area contributed by atoms with Crippen LogP contribution in [-0.2, 0) is 9.53 Å². The number of H-pyrrole nitrogens is 1. The van der Waals surface area contributed by atoms with E-state index < -0.39 is 5.41 Å². The summed E-state index contributed by atoms with van der Waals surface area (Å²) in [5.41, 5.74) is -0.00850. The Balaban J connectivity index is 1.94. The van der Waals surface area contributed by atoms with Gasteiger partial charge in [0.1, 0.15) is 3.70 Å². The van der Waals surface area contributed by atoms with Crippen molar-refractivity contribution < 1.29 is 14.3 Å². The smallest absolute Gasteiger partial charge is 0.313 e. The van der Waals surface area contributed by atoms with Crippen LogP contribution >= 0.6 is 22.6 Å².